The Hall–Kier alpha value is -5.04. The molecule has 3 aromatic rings. The van der Waals surface area contributed by atoms with Gasteiger partial charge in [0.25, 0.3) is 0 Å². The first kappa shape index (κ1) is 36.8. The average molecular weight is 717 g/mol. The van der Waals surface area contributed by atoms with Gasteiger partial charge in [-0.05, 0) is 36.4 Å². The van der Waals surface area contributed by atoms with Crippen LogP contribution in [0.5, 0.6) is 11.5 Å². The number of hydrogen-bond acceptors (Lipinski definition) is 10. The van der Waals surface area contributed by atoms with Gasteiger partial charge in [-0.15, -0.1) is 0 Å². The standard InChI is InChI=1S/C18H19N3O5S.C13H17N3O5S/c19-17(20)12-5-4-6-13(9-12)26-14-10-16(18(22)23)21(11-14)27(24,25)15-7-2-1-3-8-15;1-22(19,20)16-7-10(6-11(16)13(17)18)21-9-4-2-3-8(5-9)12(14)15/h1-9,14,16H,10-11H2,(H3,19,20)(H,22,23);2-5,10-11H,6-7H2,1H3,(H3,14,15)(H,17,18)/t14-,16+;10-,11+/m11/s1. The number of carboxylic acids is 2. The van der Waals surface area contributed by atoms with E-state index in [2.05, 4.69) is 0 Å². The highest BCUT2D eigenvalue weighted by Crippen LogP contribution is 2.30. The molecule has 2 heterocycles. The smallest absolute Gasteiger partial charge is 0.322 e. The highest BCUT2D eigenvalue weighted by Gasteiger charge is 2.45. The number of nitrogens with zero attached hydrogens (tertiary/aromatic N) is 2. The fourth-order valence-corrected chi connectivity index (χ4v) is 8.10. The fraction of sp³-hybridized carbons (Fsp3) is 0.290. The number of rotatable bonds is 11. The van der Waals surface area contributed by atoms with Gasteiger partial charge in [-0.25, -0.2) is 16.8 Å². The Morgan fingerprint density at radius 2 is 1.14 bits per heavy atom. The molecule has 8 N–H and O–H groups in total. The first-order valence-electron chi connectivity index (χ1n) is 14.7. The summed E-state index contributed by atoms with van der Waals surface area (Å²) in [5, 5.41) is 33.5. The Balaban J connectivity index is 0.000000226. The van der Waals surface area contributed by atoms with Crippen molar-refractivity contribution in [2.75, 3.05) is 19.3 Å². The van der Waals surface area contributed by atoms with Crippen molar-refractivity contribution in [1.29, 1.82) is 10.8 Å². The third kappa shape index (κ3) is 9.11. The van der Waals surface area contributed by atoms with Crippen LogP contribution in [-0.2, 0) is 29.6 Å². The quantitative estimate of drug-likeness (QED) is 0.120. The number of nitrogens with one attached hydrogen (secondary N) is 2. The largest absolute Gasteiger partial charge is 0.489 e. The average Bonchev–Trinajstić information content (AvgIpc) is 3.68. The van der Waals surface area contributed by atoms with Crippen LogP contribution in [0.2, 0.25) is 0 Å². The zero-order valence-electron chi connectivity index (χ0n) is 26.2. The summed E-state index contributed by atoms with van der Waals surface area (Å²) in [5.74, 6) is -1.85. The maximum Gasteiger partial charge on any atom is 0.322 e. The molecule has 262 valence electrons. The van der Waals surface area contributed by atoms with Crippen LogP contribution in [0.25, 0.3) is 0 Å². The molecule has 0 spiro atoms. The minimum absolute atomic E-state index is 0.0195. The SMILES string of the molecule is CS(=O)(=O)N1C[C@H](Oc2cccc(C(=N)N)c2)C[C@H]1C(=O)O.N=C(N)c1cccc(O[C@@H]2C[C@@H](C(=O)O)N(S(=O)(=O)c3ccccc3)C2)c1. The molecular weight excluding hydrogens is 681 g/mol. The van der Waals surface area contributed by atoms with Crippen LogP contribution in [0.4, 0.5) is 0 Å². The van der Waals surface area contributed by atoms with E-state index in [1.54, 1.807) is 66.7 Å². The topological polar surface area (TPSA) is 268 Å². The molecule has 49 heavy (non-hydrogen) atoms. The van der Waals surface area contributed by atoms with Crippen LogP contribution >= 0.6 is 0 Å². The van der Waals surface area contributed by atoms with Gasteiger partial charge in [0, 0.05) is 24.0 Å². The molecule has 18 heteroatoms. The minimum atomic E-state index is -3.96. The van der Waals surface area contributed by atoms with Crippen LogP contribution in [0.15, 0.2) is 83.8 Å². The zero-order chi connectivity index (χ0) is 36.1. The van der Waals surface area contributed by atoms with Crippen LogP contribution in [0.3, 0.4) is 0 Å². The van der Waals surface area contributed by atoms with E-state index >= 15 is 0 Å². The van der Waals surface area contributed by atoms with Gasteiger partial charge in [0.05, 0.1) is 24.2 Å². The van der Waals surface area contributed by atoms with E-state index < -0.39 is 56.3 Å². The zero-order valence-corrected chi connectivity index (χ0v) is 27.8. The van der Waals surface area contributed by atoms with Crippen molar-refractivity contribution in [3.63, 3.8) is 0 Å². The van der Waals surface area contributed by atoms with E-state index in [1.165, 1.54) is 12.1 Å². The van der Waals surface area contributed by atoms with E-state index in [4.69, 9.17) is 36.9 Å². The molecule has 5 rings (SSSR count). The number of carboxylic acid groups (broad SMARTS) is 2. The molecule has 0 saturated carbocycles. The summed E-state index contributed by atoms with van der Waals surface area (Å²) >= 11 is 0. The summed E-state index contributed by atoms with van der Waals surface area (Å²) in [7, 11) is -7.59. The number of hydrogen-bond donors (Lipinski definition) is 6. The number of nitrogens with two attached hydrogens (primary N) is 2. The van der Waals surface area contributed by atoms with Crippen LogP contribution in [0, 0.1) is 10.8 Å². The lowest BCUT2D eigenvalue weighted by molar-refractivity contribution is -0.141. The number of carbonyl (C=O) groups is 2. The van der Waals surface area contributed by atoms with Crippen molar-refractivity contribution in [2.24, 2.45) is 11.5 Å². The first-order chi connectivity index (χ1) is 23.0. The molecular formula is C31H36N6O10S2. The second-order valence-corrected chi connectivity index (χ2v) is 15.1. The Labute approximate surface area is 283 Å². The number of amidine groups is 2. The fourth-order valence-electron chi connectivity index (χ4n) is 5.38. The summed E-state index contributed by atoms with van der Waals surface area (Å²) in [6.45, 7) is -0.113. The molecule has 0 aromatic heterocycles. The lowest BCUT2D eigenvalue weighted by atomic mass is 10.2. The molecule has 4 atom stereocenters. The number of sulfonamides is 2. The van der Waals surface area contributed by atoms with Crippen molar-refractivity contribution in [3.05, 3.63) is 90.0 Å². The van der Waals surface area contributed by atoms with Gasteiger partial charge in [-0.1, -0.05) is 42.5 Å². The highest BCUT2D eigenvalue weighted by molar-refractivity contribution is 7.89. The molecule has 2 fully saturated rings. The first-order valence-corrected chi connectivity index (χ1v) is 18.0. The van der Waals surface area contributed by atoms with E-state index in [1.807, 2.05) is 0 Å². The molecule has 0 radical (unpaired) electrons. The van der Waals surface area contributed by atoms with Crippen LogP contribution in [0.1, 0.15) is 24.0 Å². The second kappa shape index (κ2) is 15.0. The molecule has 2 aliphatic heterocycles. The third-order valence-electron chi connectivity index (χ3n) is 7.68. The molecule has 3 aromatic carbocycles. The normalized spacial score (nSPS) is 21.2. The highest BCUT2D eigenvalue weighted by atomic mass is 32.2. The predicted molar refractivity (Wildman–Crippen MR) is 178 cm³/mol. The number of nitrogen functional groups attached to an aromatic ring is 2. The van der Waals surface area contributed by atoms with Crippen molar-refractivity contribution < 1.29 is 46.1 Å². The molecule has 0 aliphatic carbocycles. The third-order valence-corrected chi connectivity index (χ3v) is 10.8. The lowest BCUT2D eigenvalue weighted by Gasteiger charge is -2.20. The van der Waals surface area contributed by atoms with Gasteiger partial charge in [0.1, 0.15) is 47.5 Å². The Morgan fingerprint density at radius 1 is 0.714 bits per heavy atom. The van der Waals surface area contributed by atoms with E-state index in [9.17, 15) is 31.5 Å². The predicted octanol–water partition coefficient (Wildman–Crippen LogP) is 1.10. The monoisotopic (exact) mass is 716 g/mol. The summed E-state index contributed by atoms with van der Waals surface area (Å²) in [4.78, 5) is 22.9. The van der Waals surface area contributed by atoms with E-state index in [0.717, 1.165) is 14.9 Å². The number of aliphatic carboxylic acids is 2. The maximum atomic E-state index is 12.9. The van der Waals surface area contributed by atoms with Crippen LogP contribution in [-0.4, -0.2) is 103 Å². The molecule has 0 amide bonds. The molecule has 0 bridgehead atoms. The Morgan fingerprint density at radius 3 is 1.53 bits per heavy atom. The Kier molecular flexibility index (Phi) is 11.3. The minimum Gasteiger partial charge on any atom is -0.489 e. The summed E-state index contributed by atoms with van der Waals surface area (Å²) in [6, 6.07) is 18.4. The van der Waals surface area contributed by atoms with Crippen LogP contribution < -0.4 is 20.9 Å². The number of benzene rings is 3. The number of ether oxygens (including phenoxy) is 2. The van der Waals surface area contributed by atoms with Crippen molar-refractivity contribution in [1.82, 2.24) is 8.61 Å². The molecule has 16 nitrogen and oxygen atoms in total. The molecule has 2 saturated heterocycles. The summed E-state index contributed by atoms with van der Waals surface area (Å²) in [5.41, 5.74) is 11.8. The molecule has 0 unspecified atom stereocenters. The van der Waals surface area contributed by atoms with Crippen molar-refractivity contribution in [2.45, 2.75) is 42.0 Å². The van der Waals surface area contributed by atoms with Gasteiger partial charge < -0.3 is 31.2 Å². The van der Waals surface area contributed by atoms with Gasteiger partial charge in [-0.3, -0.25) is 20.4 Å². The maximum absolute atomic E-state index is 12.9. The van der Waals surface area contributed by atoms with Gasteiger partial charge in [0.2, 0.25) is 20.0 Å². The van der Waals surface area contributed by atoms with Crippen molar-refractivity contribution >= 4 is 43.7 Å². The van der Waals surface area contributed by atoms with Crippen molar-refractivity contribution in [3.8, 4) is 11.5 Å². The van der Waals surface area contributed by atoms with Gasteiger partial charge in [0.15, 0.2) is 0 Å². The van der Waals surface area contributed by atoms with Gasteiger partial charge >= 0.3 is 11.9 Å². The lowest BCUT2D eigenvalue weighted by Crippen LogP contribution is -2.40. The molecule has 2 aliphatic rings. The summed E-state index contributed by atoms with van der Waals surface area (Å²) in [6.07, 6.45) is -0.148. The summed E-state index contributed by atoms with van der Waals surface area (Å²) < 4.78 is 62.3. The second-order valence-electron chi connectivity index (χ2n) is 11.3. The van der Waals surface area contributed by atoms with E-state index in [-0.39, 0.29) is 42.5 Å². The Bertz CT molecular complexity index is 1940. The van der Waals surface area contributed by atoms with E-state index in [0.29, 0.717) is 22.6 Å². The van der Waals surface area contributed by atoms with Gasteiger partial charge in [-0.2, -0.15) is 8.61 Å².